The smallest absolute Gasteiger partial charge is 0.431 e. The summed E-state index contributed by atoms with van der Waals surface area (Å²) in [6.45, 7) is 2.75. The highest BCUT2D eigenvalue weighted by Crippen LogP contribution is 2.31. The second-order valence-electron chi connectivity index (χ2n) is 6.16. The molecule has 14 heteroatoms. The first-order valence-electron chi connectivity index (χ1n) is 8.84. The van der Waals surface area contributed by atoms with Gasteiger partial charge in [-0.2, -0.15) is 13.2 Å². The van der Waals surface area contributed by atoms with Gasteiger partial charge in [-0.15, -0.1) is 11.8 Å². The minimum Gasteiger partial charge on any atom is -0.461 e. The van der Waals surface area contributed by atoms with Gasteiger partial charge >= 0.3 is 23.8 Å². The van der Waals surface area contributed by atoms with Gasteiger partial charge in [-0.3, -0.25) is 14.2 Å². The van der Waals surface area contributed by atoms with Crippen LogP contribution in [-0.4, -0.2) is 40.0 Å². The number of nitrogens with zero attached hydrogens (tertiary/aromatic N) is 2. The normalized spacial score (nSPS) is 11.2. The summed E-state index contributed by atoms with van der Waals surface area (Å²) < 4.78 is 63.3. The number of hydrogen-bond acceptors (Lipinski definition) is 7. The molecule has 0 fully saturated rings. The number of carbonyl (C=O) groups excluding carboxylic acids is 2. The largest absolute Gasteiger partial charge is 0.461 e. The van der Waals surface area contributed by atoms with Crippen LogP contribution in [0.15, 0.2) is 45.3 Å². The van der Waals surface area contributed by atoms with E-state index in [0.29, 0.717) is 0 Å². The number of halogens is 5. The summed E-state index contributed by atoms with van der Waals surface area (Å²) in [5.74, 6) is -2.93. The molecule has 0 aliphatic heterocycles. The van der Waals surface area contributed by atoms with E-state index in [1.54, 1.807) is 0 Å². The molecule has 0 saturated carbocycles. The maximum atomic E-state index is 14.5. The van der Waals surface area contributed by atoms with Gasteiger partial charge in [0.25, 0.3) is 5.56 Å². The molecule has 0 saturated heterocycles. The molecule has 0 radical (unpaired) electrons. The van der Waals surface area contributed by atoms with Crippen molar-refractivity contribution in [2.75, 3.05) is 19.0 Å². The Morgan fingerprint density at radius 1 is 1.18 bits per heavy atom. The number of benzene rings is 1. The van der Waals surface area contributed by atoms with E-state index in [1.807, 2.05) is 0 Å². The number of thioether (sulfide) groups is 1. The molecule has 2 aromatic rings. The van der Waals surface area contributed by atoms with Crippen LogP contribution >= 0.6 is 23.4 Å². The van der Waals surface area contributed by atoms with E-state index in [9.17, 15) is 36.7 Å². The second-order valence-corrected chi connectivity index (χ2v) is 7.58. The van der Waals surface area contributed by atoms with Gasteiger partial charge in [0.15, 0.2) is 0 Å². The van der Waals surface area contributed by atoms with Crippen LogP contribution in [0.4, 0.5) is 17.6 Å². The fourth-order valence-electron chi connectivity index (χ4n) is 2.45. The van der Waals surface area contributed by atoms with Crippen molar-refractivity contribution in [1.82, 2.24) is 9.13 Å². The van der Waals surface area contributed by atoms with Crippen LogP contribution in [0, 0.1) is 5.82 Å². The first-order chi connectivity index (χ1) is 15.4. The standard InChI is InChI=1S/C19H15ClF4N2O6S/c1-3-16(28)31-4-5-32-17(29)9-33-13-7-12(11(21)6-10(13)20)26-15(27)8-14(19(22,23)24)25(2)18(26)30/h3,6-8H,1,4-5,9H2,2H3. The molecular weight excluding hydrogens is 496 g/mol. The van der Waals surface area contributed by atoms with E-state index in [-0.39, 0.29) is 44.1 Å². The predicted molar refractivity (Wildman–Crippen MR) is 110 cm³/mol. The number of carbonyl (C=O) groups is 2. The third-order valence-corrected chi connectivity index (χ3v) is 5.41. The fraction of sp³-hybridized carbons (Fsp3) is 0.263. The molecule has 1 aromatic carbocycles. The Morgan fingerprint density at radius 2 is 1.82 bits per heavy atom. The third-order valence-electron chi connectivity index (χ3n) is 3.96. The van der Waals surface area contributed by atoms with E-state index < -0.39 is 46.6 Å². The van der Waals surface area contributed by atoms with Crippen molar-refractivity contribution in [2.24, 2.45) is 7.05 Å². The molecule has 8 nitrogen and oxygen atoms in total. The zero-order chi connectivity index (χ0) is 24.9. The first-order valence-corrected chi connectivity index (χ1v) is 10.2. The SMILES string of the molecule is C=CC(=O)OCCOC(=O)CSc1cc(-n2c(=O)cc(C(F)(F)F)n(C)c2=O)c(F)cc1Cl. The second kappa shape index (κ2) is 10.7. The van der Waals surface area contributed by atoms with Crippen LogP contribution in [0.2, 0.25) is 5.02 Å². The molecule has 1 heterocycles. The molecule has 0 N–H and O–H groups in total. The van der Waals surface area contributed by atoms with Crippen LogP contribution in [0.25, 0.3) is 5.69 Å². The summed E-state index contributed by atoms with van der Waals surface area (Å²) in [6, 6.07) is 1.87. The Morgan fingerprint density at radius 3 is 2.42 bits per heavy atom. The van der Waals surface area contributed by atoms with Gasteiger partial charge < -0.3 is 9.47 Å². The minimum absolute atomic E-state index is 0.0527. The van der Waals surface area contributed by atoms with E-state index >= 15 is 0 Å². The maximum Gasteiger partial charge on any atom is 0.431 e. The van der Waals surface area contributed by atoms with Gasteiger partial charge in [0, 0.05) is 24.1 Å². The fourth-order valence-corrected chi connectivity index (χ4v) is 3.52. The Bertz CT molecular complexity index is 1210. The molecule has 0 aliphatic rings. The Labute approximate surface area is 192 Å². The highest BCUT2D eigenvalue weighted by Gasteiger charge is 2.35. The minimum atomic E-state index is -4.98. The number of ether oxygens (including phenoxy) is 2. The van der Waals surface area contributed by atoms with Gasteiger partial charge in [0.1, 0.15) is 24.7 Å². The predicted octanol–water partition coefficient (Wildman–Crippen LogP) is 2.71. The summed E-state index contributed by atoms with van der Waals surface area (Å²) in [7, 11) is 0.785. The zero-order valence-corrected chi connectivity index (χ0v) is 18.4. The van der Waals surface area contributed by atoms with Gasteiger partial charge in [0.05, 0.1) is 16.5 Å². The van der Waals surface area contributed by atoms with Gasteiger partial charge in [-0.1, -0.05) is 18.2 Å². The van der Waals surface area contributed by atoms with Crippen molar-refractivity contribution < 1.29 is 36.6 Å². The first kappa shape index (κ1) is 26.2. The monoisotopic (exact) mass is 510 g/mol. The van der Waals surface area contributed by atoms with Crippen molar-refractivity contribution in [3.05, 3.63) is 68.2 Å². The van der Waals surface area contributed by atoms with Crippen molar-refractivity contribution in [2.45, 2.75) is 11.1 Å². The molecule has 0 aliphatic carbocycles. The number of alkyl halides is 3. The summed E-state index contributed by atoms with van der Waals surface area (Å²) in [5.41, 5.74) is -4.98. The quantitative estimate of drug-likeness (QED) is 0.177. The van der Waals surface area contributed by atoms with E-state index in [2.05, 4.69) is 11.3 Å². The van der Waals surface area contributed by atoms with Gasteiger partial charge in [-0.05, 0) is 12.1 Å². The van der Waals surface area contributed by atoms with Crippen molar-refractivity contribution in [1.29, 1.82) is 0 Å². The average molecular weight is 511 g/mol. The summed E-state index contributed by atoms with van der Waals surface area (Å²) >= 11 is 6.71. The van der Waals surface area contributed by atoms with Crippen molar-refractivity contribution in [3.8, 4) is 5.69 Å². The van der Waals surface area contributed by atoms with Crippen LogP contribution < -0.4 is 11.2 Å². The van der Waals surface area contributed by atoms with Crippen molar-refractivity contribution in [3.63, 3.8) is 0 Å². The zero-order valence-electron chi connectivity index (χ0n) is 16.8. The van der Waals surface area contributed by atoms with Crippen LogP contribution in [-0.2, 0) is 32.3 Å². The van der Waals surface area contributed by atoms with Crippen molar-refractivity contribution >= 4 is 35.3 Å². The van der Waals surface area contributed by atoms with E-state index in [0.717, 1.165) is 37.0 Å². The molecular formula is C19H15ClF4N2O6S. The van der Waals surface area contributed by atoms with E-state index in [1.165, 1.54) is 0 Å². The molecule has 0 bridgehead atoms. The Kier molecular flexibility index (Phi) is 8.50. The molecule has 2 rings (SSSR count). The molecule has 33 heavy (non-hydrogen) atoms. The lowest BCUT2D eigenvalue weighted by atomic mass is 10.3. The molecule has 1 aromatic heterocycles. The molecule has 0 unspecified atom stereocenters. The number of rotatable bonds is 8. The number of esters is 2. The molecule has 0 spiro atoms. The Hall–Kier alpha value is -3.06. The summed E-state index contributed by atoms with van der Waals surface area (Å²) in [6.07, 6.45) is -4.04. The van der Waals surface area contributed by atoms with E-state index in [4.69, 9.17) is 16.3 Å². The maximum absolute atomic E-state index is 14.5. The highest BCUT2D eigenvalue weighted by atomic mass is 35.5. The summed E-state index contributed by atoms with van der Waals surface area (Å²) in [4.78, 5) is 47.4. The lowest BCUT2D eigenvalue weighted by Gasteiger charge is -2.15. The van der Waals surface area contributed by atoms with Crippen LogP contribution in [0.1, 0.15) is 5.69 Å². The topological polar surface area (TPSA) is 96.6 Å². The lowest BCUT2D eigenvalue weighted by Crippen LogP contribution is -2.41. The van der Waals surface area contributed by atoms with Crippen LogP contribution in [0.5, 0.6) is 0 Å². The lowest BCUT2D eigenvalue weighted by molar-refractivity contribution is -0.147. The Balaban J connectivity index is 2.26. The van der Waals surface area contributed by atoms with Gasteiger partial charge in [-0.25, -0.2) is 18.5 Å². The summed E-state index contributed by atoms with van der Waals surface area (Å²) in [5, 5.41) is -0.175. The third kappa shape index (κ3) is 6.48. The molecule has 0 atom stereocenters. The average Bonchev–Trinajstić information content (AvgIpc) is 2.73. The van der Waals surface area contributed by atoms with Gasteiger partial charge in [0.2, 0.25) is 0 Å². The molecule has 0 amide bonds. The highest BCUT2D eigenvalue weighted by molar-refractivity contribution is 8.00. The molecule has 178 valence electrons. The number of hydrogen-bond donors (Lipinski definition) is 0. The number of aromatic nitrogens is 2. The van der Waals surface area contributed by atoms with Crippen LogP contribution in [0.3, 0.4) is 0 Å².